The lowest BCUT2D eigenvalue weighted by Crippen LogP contribution is -2.36. The lowest BCUT2D eigenvalue weighted by Gasteiger charge is -2.16. The van der Waals surface area contributed by atoms with E-state index in [1.54, 1.807) is 34.6 Å². The van der Waals surface area contributed by atoms with Crippen molar-refractivity contribution in [3.63, 3.8) is 0 Å². The highest BCUT2D eigenvalue weighted by Crippen LogP contribution is 2.14. The Kier molecular flexibility index (Phi) is 4.55. The first kappa shape index (κ1) is 14.0. The number of amides is 2. The van der Waals surface area contributed by atoms with Crippen molar-refractivity contribution in [1.82, 2.24) is 15.2 Å². The number of nitrogens with one attached hydrogen (secondary N) is 1. The molecule has 2 rings (SSSR count). The number of urea groups is 1. The zero-order chi connectivity index (χ0) is 13.8. The molecule has 1 N–H and O–H groups in total. The smallest absolute Gasteiger partial charge is 0.317 e. The molecule has 0 unspecified atom stereocenters. The van der Waals surface area contributed by atoms with Gasteiger partial charge in [0.05, 0.1) is 23.8 Å². The number of nitrogens with zero attached hydrogens (tertiary/aromatic N) is 2. The summed E-state index contributed by atoms with van der Waals surface area (Å²) in [6.07, 6.45) is 0. The van der Waals surface area contributed by atoms with E-state index in [9.17, 15) is 4.79 Å². The van der Waals surface area contributed by atoms with Gasteiger partial charge in [-0.05, 0) is 26.0 Å². The molecule has 0 aromatic carbocycles. The summed E-state index contributed by atoms with van der Waals surface area (Å²) in [7, 11) is 1.78. The number of aromatic nitrogens is 1. The quantitative estimate of drug-likeness (QED) is 0.941. The zero-order valence-corrected chi connectivity index (χ0v) is 12.9. The van der Waals surface area contributed by atoms with Crippen LogP contribution in [0.15, 0.2) is 17.5 Å². The summed E-state index contributed by atoms with van der Waals surface area (Å²) in [4.78, 5) is 20.4. The topological polar surface area (TPSA) is 45.2 Å². The average molecular weight is 295 g/mol. The van der Waals surface area contributed by atoms with Crippen LogP contribution in [0.1, 0.15) is 20.5 Å². The molecule has 19 heavy (non-hydrogen) atoms. The Morgan fingerprint density at radius 3 is 2.79 bits per heavy atom. The summed E-state index contributed by atoms with van der Waals surface area (Å²) in [6, 6.07) is 4.04. The predicted molar refractivity (Wildman–Crippen MR) is 79.6 cm³/mol. The highest BCUT2D eigenvalue weighted by molar-refractivity contribution is 7.11. The molecule has 6 heteroatoms. The number of thiophene rings is 1. The standard InChI is InChI=1S/C13H17N3OS2/c1-9-4-5-12(19-9)6-14-13(17)16(3)7-11-8-18-10(2)15-11/h4-5,8H,6-7H2,1-3H3,(H,14,17). The first-order valence-corrected chi connectivity index (χ1v) is 7.69. The average Bonchev–Trinajstić information content (AvgIpc) is 2.95. The number of thiazole rings is 1. The van der Waals surface area contributed by atoms with E-state index < -0.39 is 0 Å². The van der Waals surface area contributed by atoms with Crippen molar-refractivity contribution < 1.29 is 4.79 Å². The minimum Gasteiger partial charge on any atom is -0.333 e. The number of hydrogen-bond acceptors (Lipinski definition) is 4. The molecule has 0 bridgehead atoms. The summed E-state index contributed by atoms with van der Waals surface area (Å²) < 4.78 is 0. The van der Waals surface area contributed by atoms with Crippen LogP contribution in [0.25, 0.3) is 0 Å². The first-order valence-electron chi connectivity index (χ1n) is 6.00. The van der Waals surface area contributed by atoms with Gasteiger partial charge < -0.3 is 10.2 Å². The molecule has 0 saturated carbocycles. The van der Waals surface area contributed by atoms with Crippen LogP contribution in [0, 0.1) is 13.8 Å². The molecular weight excluding hydrogens is 278 g/mol. The molecule has 0 spiro atoms. The number of carbonyl (C=O) groups is 1. The fraction of sp³-hybridized carbons (Fsp3) is 0.385. The van der Waals surface area contributed by atoms with Crippen LogP contribution in [-0.2, 0) is 13.1 Å². The molecule has 2 heterocycles. The second-order valence-corrected chi connectivity index (χ2v) is 6.82. The van der Waals surface area contributed by atoms with Gasteiger partial charge in [0, 0.05) is 22.2 Å². The van der Waals surface area contributed by atoms with Crippen molar-refractivity contribution in [1.29, 1.82) is 0 Å². The van der Waals surface area contributed by atoms with Crippen molar-refractivity contribution in [3.8, 4) is 0 Å². The summed E-state index contributed by atoms with van der Waals surface area (Å²) >= 11 is 3.31. The maximum atomic E-state index is 11.9. The van der Waals surface area contributed by atoms with E-state index in [4.69, 9.17) is 0 Å². The van der Waals surface area contributed by atoms with Gasteiger partial charge in [0.1, 0.15) is 0 Å². The van der Waals surface area contributed by atoms with Crippen molar-refractivity contribution in [2.24, 2.45) is 0 Å². The largest absolute Gasteiger partial charge is 0.333 e. The number of hydrogen-bond donors (Lipinski definition) is 1. The Morgan fingerprint density at radius 1 is 1.42 bits per heavy atom. The van der Waals surface area contributed by atoms with Gasteiger partial charge in [-0.25, -0.2) is 9.78 Å². The maximum absolute atomic E-state index is 11.9. The molecule has 2 aromatic heterocycles. The molecule has 4 nitrogen and oxygen atoms in total. The Hall–Kier alpha value is -1.40. The lowest BCUT2D eigenvalue weighted by molar-refractivity contribution is 0.206. The van der Waals surface area contributed by atoms with Gasteiger partial charge in [0.25, 0.3) is 0 Å². The highest BCUT2D eigenvalue weighted by Gasteiger charge is 2.10. The summed E-state index contributed by atoms with van der Waals surface area (Å²) in [5, 5.41) is 5.93. The third-order valence-electron chi connectivity index (χ3n) is 2.62. The van der Waals surface area contributed by atoms with Gasteiger partial charge in [0.15, 0.2) is 0 Å². The molecule has 102 valence electrons. The van der Waals surface area contributed by atoms with Crippen molar-refractivity contribution >= 4 is 28.7 Å². The van der Waals surface area contributed by atoms with Gasteiger partial charge >= 0.3 is 6.03 Å². The van der Waals surface area contributed by atoms with Crippen LogP contribution in [0.3, 0.4) is 0 Å². The van der Waals surface area contributed by atoms with Gasteiger partial charge in [-0.15, -0.1) is 22.7 Å². The highest BCUT2D eigenvalue weighted by atomic mass is 32.1. The Bertz CT molecular complexity index is 562. The van der Waals surface area contributed by atoms with Crippen LogP contribution in [0.4, 0.5) is 4.79 Å². The first-order chi connectivity index (χ1) is 9.04. The van der Waals surface area contributed by atoms with Crippen LogP contribution < -0.4 is 5.32 Å². The van der Waals surface area contributed by atoms with E-state index >= 15 is 0 Å². The molecular formula is C13H17N3OS2. The minimum atomic E-state index is -0.0725. The molecule has 0 aliphatic heterocycles. The van der Waals surface area contributed by atoms with Crippen LogP contribution in [0.2, 0.25) is 0 Å². The SMILES string of the molecule is Cc1ccc(CNC(=O)N(C)Cc2csc(C)n2)s1. The molecule has 2 amide bonds. The van der Waals surface area contributed by atoms with E-state index in [1.165, 1.54) is 9.75 Å². The molecule has 0 fully saturated rings. The maximum Gasteiger partial charge on any atom is 0.317 e. The molecule has 0 aliphatic rings. The number of rotatable bonds is 4. The third kappa shape index (κ3) is 4.04. The Labute approximate surface area is 121 Å². The second kappa shape index (κ2) is 6.16. The van der Waals surface area contributed by atoms with Crippen molar-refractivity contribution in [2.75, 3.05) is 7.05 Å². The van der Waals surface area contributed by atoms with Crippen LogP contribution >= 0.6 is 22.7 Å². The summed E-state index contributed by atoms with van der Waals surface area (Å²) in [5.74, 6) is 0. The lowest BCUT2D eigenvalue weighted by atomic mass is 10.4. The summed E-state index contributed by atoms with van der Waals surface area (Å²) in [6.45, 7) is 5.15. The minimum absolute atomic E-state index is 0.0725. The van der Waals surface area contributed by atoms with E-state index in [2.05, 4.69) is 23.3 Å². The van der Waals surface area contributed by atoms with Crippen LogP contribution in [-0.4, -0.2) is 23.0 Å². The number of carbonyl (C=O) groups excluding carboxylic acids is 1. The van der Waals surface area contributed by atoms with Gasteiger partial charge in [-0.2, -0.15) is 0 Å². The Balaban J connectivity index is 1.82. The fourth-order valence-electron chi connectivity index (χ4n) is 1.67. The van der Waals surface area contributed by atoms with E-state index in [0.717, 1.165) is 10.7 Å². The van der Waals surface area contributed by atoms with Gasteiger partial charge in [0.2, 0.25) is 0 Å². The van der Waals surface area contributed by atoms with E-state index in [0.29, 0.717) is 13.1 Å². The van der Waals surface area contributed by atoms with E-state index in [-0.39, 0.29) is 6.03 Å². The number of aryl methyl sites for hydroxylation is 2. The van der Waals surface area contributed by atoms with Crippen molar-refractivity contribution in [2.45, 2.75) is 26.9 Å². The normalized spacial score (nSPS) is 10.5. The fourth-order valence-corrected chi connectivity index (χ4v) is 3.11. The van der Waals surface area contributed by atoms with Gasteiger partial charge in [-0.1, -0.05) is 0 Å². The molecule has 2 aromatic rings. The van der Waals surface area contributed by atoms with E-state index in [1.807, 2.05) is 18.4 Å². The second-order valence-electron chi connectivity index (χ2n) is 4.38. The van der Waals surface area contributed by atoms with Gasteiger partial charge in [-0.3, -0.25) is 0 Å². The molecule has 0 aliphatic carbocycles. The molecule has 0 atom stereocenters. The summed E-state index contributed by atoms with van der Waals surface area (Å²) in [5.41, 5.74) is 0.937. The predicted octanol–water partition coefficient (Wildman–Crippen LogP) is 3.16. The van der Waals surface area contributed by atoms with Crippen molar-refractivity contribution in [3.05, 3.63) is 38.0 Å². The molecule has 0 radical (unpaired) electrons. The van der Waals surface area contributed by atoms with Crippen LogP contribution in [0.5, 0.6) is 0 Å². The zero-order valence-electron chi connectivity index (χ0n) is 11.3. The third-order valence-corrected chi connectivity index (χ3v) is 4.45. The molecule has 0 saturated heterocycles. The Morgan fingerprint density at radius 2 is 2.21 bits per heavy atom. The monoisotopic (exact) mass is 295 g/mol.